The smallest absolute Gasteiger partial charge is 0.175 e. The van der Waals surface area contributed by atoms with E-state index in [1.807, 2.05) is 16.4 Å². The number of hydrogen-bond acceptors (Lipinski definition) is 3. The topological polar surface area (TPSA) is 27.1 Å². The number of rotatable bonds is 2. The molecule has 0 aliphatic carbocycles. The van der Waals surface area contributed by atoms with Crippen molar-refractivity contribution in [3.8, 4) is 5.75 Å². The van der Waals surface area contributed by atoms with Crippen molar-refractivity contribution in [2.24, 2.45) is 0 Å². The van der Waals surface area contributed by atoms with Gasteiger partial charge in [-0.1, -0.05) is 11.6 Å². The lowest BCUT2D eigenvalue weighted by Gasteiger charge is -2.09. The third-order valence-electron chi connectivity index (χ3n) is 2.18. The van der Waals surface area contributed by atoms with Gasteiger partial charge in [0.1, 0.15) is 0 Å². The molecule has 0 N–H and O–H groups in total. The fraction of sp³-hybridized carbons (Fsp3) is 0.625. The maximum atomic E-state index is 6.07. The minimum atomic E-state index is 0.446. The molecule has 5 heteroatoms. The first-order chi connectivity index (χ1) is 6.33. The molecule has 0 bridgehead atoms. The van der Waals surface area contributed by atoms with Gasteiger partial charge in [-0.05, 0) is 12.2 Å². The van der Waals surface area contributed by atoms with Gasteiger partial charge in [-0.3, -0.25) is 0 Å². The van der Waals surface area contributed by atoms with E-state index in [2.05, 4.69) is 5.10 Å². The summed E-state index contributed by atoms with van der Waals surface area (Å²) in [6.07, 6.45) is 2.82. The molecule has 0 spiro atoms. The lowest BCUT2D eigenvalue weighted by atomic mass is 10.3. The Bertz CT molecular complexity index is 296. The van der Waals surface area contributed by atoms with Crippen LogP contribution in [0.5, 0.6) is 5.75 Å². The van der Waals surface area contributed by atoms with E-state index in [4.69, 9.17) is 16.3 Å². The Morgan fingerprint density at radius 1 is 1.77 bits per heavy atom. The number of halogens is 1. The second-order valence-corrected chi connectivity index (χ2v) is 4.47. The lowest BCUT2D eigenvalue weighted by Crippen LogP contribution is -2.09. The van der Waals surface area contributed by atoms with Crippen molar-refractivity contribution >= 4 is 23.4 Å². The van der Waals surface area contributed by atoms with Gasteiger partial charge >= 0.3 is 0 Å². The quantitative estimate of drug-likeness (QED) is 0.762. The largest absolute Gasteiger partial charge is 0.492 e. The predicted molar refractivity (Wildman–Crippen MR) is 54.8 cm³/mol. The Labute approximate surface area is 86.4 Å². The summed E-state index contributed by atoms with van der Waals surface area (Å²) in [6, 6.07) is 0.446. The second kappa shape index (κ2) is 3.80. The highest BCUT2D eigenvalue weighted by Crippen LogP contribution is 2.33. The molecule has 1 atom stereocenters. The maximum absolute atomic E-state index is 6.07. The van der Waals surface area contributed by atoms with E-state index in [0.717, 1.165) is 12.2 Å². The minimum Gasteiger partial charge on any atom is -0.492 e. The molecule has 72 valence electrons. The number of ether oxygens (including phenoxy) is 1. The van der Waals surface area contributed by atoms with Crippen LogP contribution in [0.25, 0.3) is 0 Å². The average Bonchev–Trinajstić information content (AvgIpc) is 2.72. The molecule has 1 aromatic heterocycles. The molecule has 0 aromatic carbocycles. The number of thioether (sulfide) groups is 1. The van der Waals surface area contributed by atoms with Gasteiger partial charge in [0, 0.05) is 5.75 Å². The Kier molecular flexibility index (Phi) is 2.69. The van der Waals surface area contributed by atoms with Crippen LogP contribution in [-0.2, 0) is 0 Å². The third-order valence-corrected chi connectivity index (χ3v) is 3.68. The van der Waals surface area contributed by atoms with Gasteiger partial charge < -0.3 is 4.74 Å². The highest BCUT2D eigenvalue weighted by atomic mass is 35.5. The summed E-state index contributed by atoms with van der Waals surface area (Å²) in [5.74, 6) is 2.96. The van der Waals surface area contributed by atoms with Crippen LogP contribution in [0.2, 0.25) is 5.15 Å². The molecule has 1 aliphatic rings. The molecule has 0 amide bonds. The molecule has 0 radical (unpaired) electrons. The van der Waals surface area contributed by atoms with Gasteiger partial charge in [0.2, 0.25) is 0 Å². The molecular formula is C8H11ClN2OS. The molecule has 13 heavy (non-hydrogen) atoms. The van der Waals surface area contributed by atoms with Crippen molar-refractivity contribution in [2.75, 3.05) is 18.6 Å². The molecule has 3 nitrogen and oxygen atoms in total. The molecule has 1 aliphatic heterocycles. The summed E-state index contributed by atoms with van der Waals surface area (Å²) >= 11 is 8.01. The Morgan fingerprint density at radius 3 is 3.15 bits per heavy atom. The second-order valence-electron chi connectivity index (χ2n) is 2.97. The summed E-state index contributed by atoms with van der Waals surface area (Å²) in [4.78, 5) is 0. The van der Waals surface area contributed by atoms with Gasteiger partial charge in [-0.15, -0.1) is 0 Å². The summed E-state index contributed by atoms with van der Waals surface area (Å²) in [5.41, 5.74) is 0. The van der Waals surface area contributed by atoms with Gasteiger partial charge in [0.05, 0.1) is 19.3 Å². The minimum absolute atomic E-state index is 0.446. The first kappa shape index (κ1) is 9.21. The lowest BCUT2D eigenvalue weighted by molar-refractivity contribution is 0.412. The number of methoxy groups -OCH3 is 1. The van der Waals surface area contributed by atoms with Crippen LogP contribution in [0.3, 0.4) is 0 Å². The zero-order valence-electron chi connectivity index (χ0n) is 7.36. The van der Waals surface area contributed by atoms with Crippen LogP contribution in [0.15, 0.2) is 6.20 Å². The van der Waals surface area contributed by atoms with Crippen molar-refractivity contribution in [2.45, 2.75) is 12.5 Å². The molecule has 0 saturated carbocycles. The first-order valence-corrected chi connectivity index (χ1v) is 5.71. The van der Waals surface area contributed by atoms with Gasteiger partial charge in [-0.25, -0.2) is 4.68 Å². The average molecular weight is 219 g/mol. The maximum Gasteiger partial charge on any atom is 0.175 e. The highest BCUT2D eigenvalue weighted by Gasteiger charge is 2.21. The number of aromatic nitrogens is 2. The normalized spacial score (nSPS) is 22.2. The van der Waals surface area contributed by atoms with Crippen LogP contribution >= 0.6 is 23.4 Å². The Balaban J connectivity index is 2.24. The molecule has 1 fully saturated rings. The monoisotopic (exact) mass is 218 g/mol. The fourth-order valence-corrected chi connectivity index (χ4v) is 2.93. The standard InChI is InChI=1S/C8H11ClN2OS/c1-12-7-4-10-11(8(7)9)6-2-3-13-5-6/h4,6H,2-3,5H2,1H3. The molecule has 1 aromatic rings. The van der Waals surface area contributed by atoms with E-state index in [0.29, 0.717) is 16.9 Å². The zero-order chi connectivity index (χ0) is 9.26. The summed E-state index contributed by atoms with van der Waals surface area (Å²) in [6.45, 7) is 0. The van der Waals surface area contributed by atoms with Crippen LogP contribution in [0, 0.1) is 0 Å². The number of hydrogen-bond donors (Lipinski definition) is 0. The zero-order valence-corrected chi connectivity index (χ0v) is 8.94. The Morgan fingerprint density at radius 2 is 2.62 bits per heavy atom. The van der Waals surface area contributed by atoms with E-state index >= 15 is 0 Å². The predicted octanol–water partition coefficient (Wildman–Crippen LogP) is 2.22. The van der Waals surface area contributed by atoms with Gasteiger partial charge in [-0.2, -0.15) is 16.9 Å². The molecule has 1 saturated heterocycles. The van der Waals surface area contributed by atoms with Crippen LogP contribution in [0.4, 0.5) is 0 Å². The third kappa shape index (κ3) is 1.65. The van der Waals surface area contributed by atoms with Crippen molar-refractivity contribution in [3.63, 3.8) is 0 Å². The van der Waals surface area contributed by atoms with Crippen molar-refractivity contribution in [1.29, 1.82) is 0 Å². The summed E-state index contributed by atoms with van der Waals surface area (Å²) in [5, 5.41) is 4.84. The van der Waals surface area contributed by atoms with E-state index in [1.54, 1.807) is 13.3 Å². The molecule has 1 unspecified atom stereocenters. The SMILES string of the molecule is COc1cnn(C2CCSC2)c1Cl. The highest BCUT2D eigenvalue weighted by molar-refractivity contribution is 7.99. The van der Waals surface area contributed by atoms with Gasteiger partial charge in [0.15, 0.2) is 10.9 Å². The fourth-order valence-electron chi connectivity index (χ4n) is 1.44. The van der Waals surface area contributed by atoms with Crippen LogP contribution in [-0.4, -0.2) is 28.4 Å². The Hall–Kier alpha value is -0.350. The number of nitrogens with zero attached hydrogens (tertiary/aromatic N) is 2. The molecular weight excluding hydrogens is 208 g/mol. The van der Waals surface area contributed by atoms with E-state index in [1.165, 1.54) is 5.75 Å². The van der Waals surface area contributed by atoms with Crippen molar-refractivity contribution in [1.82, 2.24) is 9.78 Å². The van der Waals surface area contributed by atoms with E-state index < -0.39 is 0 Å². The first-order valence-electron chi connectivity index (χ1n) is 4.17. The van der Waals surface area contributed by atoms with Crippen molar-refractivity contribution in [3.05, 3.63) is 11.3 Å². The van der Waals surface area contributed by atoms with Gasteiger partial charge in [0.25, 0.3) is 0 Å². The summed E-state index contributed by atoms with van der Waals surface area (Å²) in [7, 11) is 1.61. The van der Waals surface area contributed by atoms with Crippen molar-refractivity contribution < 1.29 is 4.74 Å². The molecule has 2 heterocycles. The van der Waals surface area contributed by atoms with Crippen LogP contribution in [0.1, 0.15) is 12.5 Å². The van der Waals surface area contributed by atoms with Crippen LogP contribution < -0.4 is 4.74 Å². The van der Waals surface area contributed by atoms with E-state index in [9.17, 15) is 0 Å². The summed E-state index contributed by atoms with van der Waals surface area (Å²) < 4.78 is 6.92. The van der Waals surface area contributed by atoms with E-state index in [-0.39, 0.29) is 0 Å². The molecule has 2 rings (SSSR count).